The van der Waals surface area contributed by atoms with Crippen molar-refractivity contribution in [1.29, 1.82) is 0 Å². The second-order valence-electron chi connectivity index (χ2n) is 9.26. The van der Waals surface area contributed by atoms with Gasteiger partial charge in [-0.1, -0.05) is 60.7 Å². The fourth-order valence-electron chi connectivity index (χ4n) is 5.38. The summed E-state index contributed by atoms with van der Waals surface area (Å²) in [7, 11) is 2.62. The van der Waals surface area contributed by atoms with Gasteiger partial charge in [0.05, 0.1) is 32.3 Å². The molecule has 0 saturated heterocycles. The van der Waals surface area contributed by atoms with Gasteiger partial charge in [-0.2, -0.15) is 0 Å². The molecule has 0 spiro atoms. The number of ether oxygens (including phenoxy) is 3. The number of hydrogen-bond donors (Lipinski definition) is 1. The van der Waals surface area contributed by atoms with Crippen LogP contribution in [0, 0.1) is 0 Å². The van der Waals surface area contributed by atoms with Crippen LogP contribution in [0.4, 0.5) is 0 Å². The number of thiazole rings is 1. The molecule has 0 bridgehead atoms. The third-order valence-electron chi connectivity index (χ3n) is 7.08. The van der Waals surface area contributed by atoms with Gasteiger partial charge in [0, 0.05) is 23.0 Å². The second-order valence-corrected chi connectivity index (χ2v) is 10.4. The molecule has 4 rings (SSSR count). The molecule has 8 nitrogen and oxygen atoms in total. The quantitative estimate of drug-likeness (QED) is 0.323. The first kappa shape index (κ1) is 28.0. The Bertz CT molecular complexity index is 1380. The summed E-state index contributed by atoms with van der Waals surface area (Å²) in [6.07, 6.45) is 0.431. The summed E-state index contributed by atoms with van der Waals surface area (Å²) in [4.78, 5) is 45.8. The topological polar surface area (TPSA) is 104 Å². The van der Waals surface area contributed by atoms with Gasteiger partial charge >= 0.3 is 17.9 Å². The highest BCUT2D eigenvalue weighted by Crippen LogP contribution is 2.52. The zero-order chi connectivity index (χ0) is 28.2. The van der Waals surface area contributed by atoms with Crippen LogP contribution in [0.2, 0.25) is 0 Å². The van der Waals surface area contributed by atoms with Crippen LogP contribution in [-0.4, -0.2) is 49.8 Å². The molecule has 1 N–H and O–H groups in total. The van der Waals surface area contributed by atoms with E-state index in [1.165, 1.54) is 25.6 Å². The summed E-state index contributed by atoms with van der Waals surface area (Å²) in [5.41, 5.74) is 1.22. The van der Waals surface area contributed by atoms with Crippen LogP contribution in [0.15, 0.2) is 71.9 Å². The lowest BCUT2D eigenvalue weighted by atomic mass is 9.61. The number of nitrogens with one attached hydrogen (secondary N) is 1. The zero-order valence-corrected chi connectivity index (χ0v) is 23.5. The molecule has 2 heterocycles. The number of methoxy groups -OCH3 is 2. The number of rotatable bonds is 8. The summed E-state index contributed by atoms with van der Waals surface area (Å²) in [6, 6.07) is 18.4. The van der Waals surface area contributed by atoms with Gasteiger partial charge in [0.1, 0.15) is 10.4 Å². The molecule has 0 radical (unpaired) electrons. The third-order valence-corrected chi connectivity index (χ3v) is 8.20. The van der Waals surface area contributed by atoms with Gasteiger partial charge < -0.3 is 19.5 Å². The minimum atomic E-state index is -1.40. The highest BCUT2D eigenvalue weighted by Gasteiger charge is 2.59. The van der Waals surface area contributed by atoms with Crippen molar-refractivity contribution in [2.75, 3.05) is 20.8 Å². The van der Waals surface area contributed by atoms with E-state index in [0.29, 0.717) is 27.6 Å². The van der Waals surface area contributed by atoms with E-state index in [-0.39, 0.29) is 17.9 Å². The number of esters is 3. The fraction of sp³-hybridized carbons (Fsp3) is 0.333. The minimum Gasteiger partial charge on any atom is -0.468 e. The van der Waals surface area contributed by atoms with Crippen LogP contribution in [0.1, 0.15) is 58.2 Å². The lowest BCUT2D eigenvalue weighted by molar-refractivity contribution is -0.150. The summed E-state index contributed by atoms with van der Waals surface area (Å²) >= 11 is 1.29. The molecule has 0 fully saturated rings. The molecule has 1 aliphatic heterocycles. The summed E-state index contributed by atoms with van der Waals surface area (Å²) in [6.45, 7) is 5.56. The van der Waals surface area contributed by atoms with Crippen molar-refractivity contribution in [3.63, 3.8) is 0 Å². The Labute approximate surface area is 232 Å². The predicted octanol–water partition coefficient (Wildman–Crippen LogP) is 4.54. The third kappa shape index (κ3) is 5.06. The van der Waals surface area contributed by atoms with Crippen molar-refractivity contribution in [2.45, 2.75) is 44.6 Å². The van der Waals surface area contributed by atoms with E-state index in [9.17, 15) is 14.4 Å². The standard InChI is InChI=1S/C30H32N2O6S/c1-6-38-28(34)25-22(17-20-13-9-7-10-14-20)39-26(32-25)24-23(27(33)36-4)18(2)31-19(3)30(24,29(35)37-5)21-15-11-8-12-16-21/h7-16,19,24,31H,6,17H2,1-5H3. The lowest BCUT2D eigenvalue weighted by Gasteiger charge is -2.47. The van der Waals surface area contributed by atoms with Crippen LogP contribution in [-0.2, 0) is 35.6 Å². The lowest BCUT2D eigenvalue weighted by Crippen LogP contribution is -2.60. The van der Waals surface area contributed by atoms with E-state index in [4.69, 9.17) is 19.2 Å². The first-order valence-corrected chi connectivity index (χ1v) is 13.5. The van der Waals surface area contributed by atoms with Crippen molar-refractivity contribution in [3.8, 4) is 0 Å². The molecule has 3 unspecified atom stereocenters. The van der Waals surface area contributed by atoms with Crippen LogP contribution in [0.5, 0.6) is 0 Å². The highest BCUT2D eigenvalue weighted by molar-refractivity contribution is 7.12. The molecule has 1 aromatic heterocycles. The minimum absolute atomic E-state index is 0.167. The highest BCUT2D eigenvalue weighted by atomic mass is 32.1. The van der Waals surface area contributed by atoms with Gasteiger partial charge in [-0.3, -0.25) is 4.79 Å². The molecule has 0 aliphatic carbocycles. The monoisotopic (exact) mass is 548 g/mol. The van der Waals surface area contributed by atoms with Crippen molar-refractivity contribution in [1.82, 2.24) is 10.3 Å². The van der Waals surface area contributed by atoms with E-state index < -0.39 is 35.3 Å². The molecule has 3 aromatic rings. The average molecular weight is 549 g/mol. The number of carbonyl (C=O) groups is 3. The SMILES string of the molecule is CCOC(=O)c1nc(C2C(C(=O)OC)=C(C)NC(C)C2(C(=O)OC)c2ccccc2)sc1Cc1ccccc1. The Hall–Kier alpha value is -3.98. The maximum Gasteiger partial charge on any atom is 0.358 e. The Morgan fingerprint density at radius 1 is 0.974 bits per heavy atom. The van der Waals surface area contributed by atoms with Crippen LogP contribution in [0.25, 0.3) is 0 Å². The van der Waals surface area contributed by atoms with Gasteiger partial charge in [-0.05, 0) is 31.9 Å². The molecular formula is C30H32N2O6S. The maximum atomic E-state index is 13.9. The summed E-state index contributed by atoms with van der Waals surface area (Å²) in [5.74, 6) is -2.60. The fourth-order valence-corrected chi connectivity index (χ4v) is 6.65. The van der Waals surface area contributed by atoms with Crippen molar-refractivity contribution >= 4 is 29.2 Å². The number of aromatic nitrogens is 1. The van der Waals surface area contributed by atoms with Gasteiger partial charge in [0.25, 0.3) is 0 Å². The van der Waals surface area contributed by atoms with Gasteiger partial charge in [-0.25, -0.2) is 14.6 Å². The average Bonchev–Trinajstić information content (AvgIpc) is 3.36. The largest absolute Gasteiger partial charge is 0.468 e. The molecule has 1 aliphatic rings. The van der Waals surface area contributed by atoms with Crippen molar-refractivity contribution < 1.29 is 28.6 Å². The van der Waals surface area contributed by atoms with Gasteiger partial charge in [-0.15, -0.1) is 11.3 Å². The molecular weight excluding hydrogens is 516 g/mol. The second kappa shape index (κ2) is 11.8. The van der Waals surface area contributed by atoms with Crippen molar-refractivity contribution in [2.24, 2.45) is 0 Å². The molecule has 9 heteroatoms. The molecule has 3 atom stereocenters. The summed E-state index contributed by atoms with van der Waals surface area (Å²) in [5, 5.41) is 3.74. The smallest absolute Gasteiger partial charge is 0.358 e. The Kier molecular flexibility index (Phi) is 8.50. The molecule has 2 aromatic carbocycles. The van der Waals surface area contributed by atoms with Crippen LogP contribution < -0.4 is 5.32 Å². The number of benzene rings is 2. The van der Waals surface area contributed by atoms with E-state index in [1.807, 2.05) is 67.6 Å². The molecule has 0 saturated carbocycles. The van der Waals surface area contributed by atoms with Crippen LogP contribution in [0.3, 0.4) is 0 Å². The first-order valence-electron chi connectivity index (χ1n) is 12.7. The maximum absolute atomic E-state index is 13.9. The van der Waals surface area contributed by atoms with Crippen LogP contribution >= 0.6 is 11.3 Å². The van der Waals surface area contributed by atoms with Gasteiger partial charge in [0.2, 0.25) is 0 Å². The predicted molar refractivity (Wildman–Crippen MR) is 148 cm³/mol. The number of allylic oxidation sites excluding steroid dienone is 1. The van der Waals surface area contributed by atoms with E-state index in [1.54, 1.807) is 13.8 Å². The number of carbonyl (C=O) groups excluding carboxylic acids is 3. The molecule has 204 valence electrons. The Morgan fingerprint density at radius 2 is 1.62 bits per heavy atom. The molecule has 0 amide bonds. The normalized spacial score (nSPS) is 20.6. The van der Waals surface area contributed by atoms with E-state index in [2.05, 4.69) is 5.32 Å². The summed E-state index contributed by atoms with van der Waals surface area (Å²) < 4.78 is 16.0. The number of nitrogens with zero attached hydrogens (tertiary/aromatic N) is 1. The van der Waals surface area contributed by atoms with Gasteiger partial charge in [0.15, 0.2) is 5.69 Å². The van der Waals surface area contributed by atoms with Crippen molar-refractivity contribution in [3.05, 3.63) is 98.6 Å². The Morgan fingerprint density at radius 3 is 2.21 bits per heavy atom. The molecule has 39 heavy (non-hydrogen) atoms. The first-order chi connectivity index (χ1) is 18.8. The van der Waals surface area contributed by atoms with E-state index in [0.717, 1.165) is 5.56 Å². The zero-order valence-electron chi connectivity index (χ0n) is 22.6. The number of hydrogen-bond acceptors (Lipinski definition) is 9. The Balaban J connectivity index is 2.03. The van der Waals surface area contributed by atoms with E-state index >= 15 is 0 Å².